The van der Waals surface area contributed by atoms with Gasteiger partial charge in [-0.05, 0) is 29.6 Å². The highest BCUT2D eigenvalue weighted by Gasteiger charge is 2.14. The summed E-state index contributed by atoms with van der Waals surface area (Å²) in [5, 5.41) is 11.4. The fourth-order valence-electron chi connectivity index (χ4n) is 1.50. The average Bonchev–Trinajstić information content (AvgIpc) is 2.74. The molecule has 1 aromatic heterocycles. The molecule has 0 spiro atoms. The first-order chi connectivity index (χ1) is 8.13. The van der Waals surface area contributed by atoms with Crippen LogP contribution < -0.4 is 4.74 Å². The minimum absolute atomic E-state index is 0.213. The van der Waals surface area contributed by atoms with E-state index in [4.69, 9.17) is 21.4 Å². The van der Waals surface area contributed by atoms with E-state index in [1.807, 2.05) is 5.38 Å². The summed E-state index contributed by atoms with van der Waals surface area (Å²) in [6.45, 7) is 0. The van der Waals surface area contributed by atoms with Gasteiger partial charge in [-0.15, -0.1) is 11.3 Å². The quantitative estimate of drug-likeness (QED) is 0.922. The van der Waals surface area contributed by atoms with Gasteiger partial charge in [0, 0.05) is 5.56 Å². The maximum Gasteiger partial charge on any atom is 0.335 e. The number of benzene rings is 1. The second-order valence-corrected chi connectivity index (χ2v) is 4.64. The van der Waals surface area contributed by atoms with Gasteiger partial charge in [-0.1, -0.05) is 11.6 Å². The molecule has 0 atom stereocenters. The zero-order valence-electron chi connectivity index (χ0n) is 8.94. The van der Waals surface area contributed by atoms with Crippen LogP contribution in [0.3, 0.4) is 0 Å². The fourth-order valence-corrected chi connectivity index (χ4v) is 2.68. The first kappa shape index (κ1) is 12.0. The monoisotopic (exact) mass is 268 g/mol. The highest BCUT2D eigenvalue weighted by atomic mass is 35.5. The van der Waals surface area contributed by atoms with Crippen LogP contribution in [0.4, 0.5) is 0 Å². The van der Waals surface area contributed by atoms with Crippen LogP contribution in [0.5, 0.6) is 5.75 Å². The highest BCUT2D eigenvalue weighted by molar-refractivity contribution is 7.14. The number of carboxylic acid groups (broad SMARTS) is 1. The lowest BCUT2D eigenvalue weighted by molar-refractivity contribution is 0.0697. The smallest absolute Gasteiger partial charge is 0.335 e. The summed E-state index contributed by atoms with van der Waals surface area (Å²) in [7, 11) is 1.54. The van der Waals surface area contributed by atoms with Crippen molar-refractivity contribution in [3.05, 3.63) is 40.2 Å². The molecule has 0 saturated carbocycles. The van der Waals surface area contributed by atoms with Crippen molar-refractivity contribution >= 4 is 28.9 Å². The third-order valence-corrected chi connectivity index (χ3v) is 3.68. The Morgan fingerprint density at radius 2 is 2.18 bits per heavy atom. The van der Waals surface area contributed by atoms with Crippen molar-refractivity contribution in [2.45, 2.75) is 0 Å². The van der Waals surface area contributed by atoms with Crippen LogP contribution in [0.1, 0.15) is 10.4 Å². The van der Waals surface area contributed by atoms with Crippen LogP contribution in [-0.4, -0.2) is 18.2 Å². The Hall–Kier alpha value is -1.52. The predicted molar refractivity (Wildman–Crippen MR) is 68.3 cm³/mol. The largest absolute Gasteiger partial charge is 0.496 e. The summed E-state index contributed by atoms with van der Waals surface area (Å²) < 4.78 is 5.21. The van der Waals surface area contributed by atoms with Gasteiger partial charge in [0.25, 0.3) is 0 Å². The van der Waals surface area contributed by atoms with Gasteiger partial charge in [0.05, 0.1) is 22.6 Å². The maximum absolute atomic E-state index is 10.9. The molecule has 1 heterocycles. The van der Waals surface area contributed by atoms with Crippen molar-refractivity contribution < 1.29 is 14.6 Å². The Kier molecular flexibility index (Phi) is 3.36. The normalized spacial score (nSPS) is 10.2. The van der Waals surface area contributed by atoms with Gasteiger partial charge in [-0.2, -0.15) is 0 Å². The van der Waals surface area contributed by atoms with Crippen LogP contribution in [0.15, 0.2) is 29.6 Å². The van der Waals surface area contributed by atoms with Crippen LogP contribution in [0.25, 0.3) is 10.4 Å². The van der Waals surface area contributed by atoms with E-state index in [0.29, 0.717) is 16.3 Å². The van der Waals surface area contributed by atoms with Crippen molar-refractivity contribution in [2.24, 2.45) is 0 Å². The lowest BCUT2D eigenvalue weighted by Crippen LogP contribution is -1.97. The molecule has 1 aromatic carbocycles. The molecular weight excluding hydrogens is 260 g/mol. The summed E-state index contributed by atoms with van der Waals surface area (Å²) in [6, 6.07) is 6.48. The molecule has 0 amide bonds. The molecular formula is C12H9ClO3S. The van der Waals surface area contributed by atoms with Crippen molar-refractivity contribution in [3.8, 4) is 16.2 Å². The standard InChI is InChI=1S/C12H9ClO3S/c1-16-10-3-2-7(12(14)15)6-8(10)11-9(13)4-5-17-11/h2-6H,1H3,(H,14,15). The van der Waals surface area contributed by atoms with E-state index in [1.165, 1.54) is 17.4 Å². The molecule has 0 aliphatic carbocycles. The zero-order chi connectivity index (χ0) is 12.4. The summed E-state index contributed by atoms with van der Waals surface area (Å²) in [5.41, 5.74) is 0.915. The summed E-state index contributed by atoms with van der Waals surface area (Å²) in [4.78, 5) is 11.7. The molecule has 88 valence electrons. The third-order valence-electron chi connectivity index (χ3n) is 2.31. The second-order valence-electron chi connectivity index (χ2n) is 3.32. The summed E-state index contributed by atoms with van der Waals surface area (Å²) in [6.07, 6.45) is 0. The van der Waals surface area contributed by atoms with Crippen molar-refractivity contribution in [3.63, 3.8) is 0 Å². The Labute approximate surface area is 107 Å². The molecule has 0 aliphatic heterocycles. The van der Waals surface area contributed by atoms with Gasteiger partial charge in [0.15, 0.2) is 0 Å². The fraction of sp³-hybridized carbons (Fsp3) is 0.0833. The number of thiophene rings is 1. The molecule has 1 N–H and O–H groups in total. The Morgan fingerprint density at radius 1 is 1.41 bits per heavy atom. The van der Waals surface area contributed by atoms with Gasteiger partial charge < -0.3 is 9.84 Å². The number of hydrogen-bond acceptors (Lipinski definition) is 3. The molecule has 2 aromatic rings. The first-order valence-corrected chi connectivity index (χ1v) is 6.04. The molecule has 0 radical (unpaired) electrons. The number of methoxy groups -OCH3 is 1. The lowest BCUT2D eigenvalue weighted by Gasteiger charge is -2.08. The lowest BCUT2D eigenvalue weighted by atomic mass is 10.1. The topological polar surface area (TPSA) is 46.5 Å². The molecule has 0 saturated heterocycles. The number of carboxylic acids is 1. The molecule has 0 fully saturated rings. The highest BCUT2D eigenvalue weighted by Crippen LogP contribution is 2.39. The van der Waals surface area contributed by atoms with Crippen molar-refractivity contribution in [1.29, 1.82) is 0 Å². The minimum Gasteiger partial charge on any atom is -0.496 e. The van der Waals surface area contributed by atoms with Gasteiger partial charge in [-0.3, -0.25) is 0 Å². The van der Waals surface area contributed by atoms with Gasteiger partial charge in [0.1, 0.15) is 5.75 Å². The maximum atomic E-state index is 10.9. The SMILES string of the molecule is COc1ccc(C(=O)O)cc1-c1sccc1Cl. The van der Waals surface area contributed by atoms with E-state index in [-0.39, 0.29) is 5.56 Å². The Bertz CT molecular complexity index is 563. The molecule has 0 bridgehead atoms. The number of halogens is 1. The number of carbonyl (C=O) groups is 1. The van der Waals surface area contributed by atoms with E-state index >= 15 is 0 Å². The van der Waals surface area contributed by atoms with E-state index in [1.54, 1.807) is 25.3 Å². The van der Waals surface area contributed by atoms with Gasteiger partial charge in [-0.25, -0.2) is 4.79 Å². The number of ether oxygens (including phenoxy) is 1. The van der Waals surface area contributed by atoms with Crippen LogP contribution in [0, 0.1) is 0 Å². The first-order valence-electron chi connectivity index (χ1n) is 4.78. The van der Waals surface area contributed by atoms with Gasteiger partial charge in [0.2, 0.25) is 0 Å². The van der Waals surface area contributed by atoms with E-state index in [9.17, 15) is 4.79 Å². The molecule has 0 unspecified atom stereocenters. The predicted octanol–water partition coefficient (Wildman–Crippen LogP) is 3.78. The number of hydrogen-bond donors (Lipinski definition) is 1. The van der Waals surface area contributed by atoms with Crippen molar-refractivity contribution in [1.82, 2.24) is 0 Å². The minimum atomic E-state index is -0.971. The zero-order valence-corrected chi connectivity index (χ0v) is 10.5. The van der Waals surface area contributed by atoms with Gasteiger partial charge >= 0.3 is 5.97 Å². The molecule has 3 nitrogen and oxygen atoms in total. The van der Waals surface area contributed by atoms with Crippen LogP contribution >= 0.6 is 22.9 Å². The molecule has 2 rings (SSSR count). The second kappa shape index (κ2) is 4.77. The van der Waals surface area contributed by atoms with Crippen LogP contribution in [0.2, 0.25) is 5.02 Å². The van der Waals surface area contributed by atoms with Crippen LogP contribution in [-0.2, 0) is 0 Å². The average molecular weight is 269 g/mol. The Balaban J connectivity index is 2.61. The number of aromatic carboxylic acids is 1. The molecule has 5 heteroatoms. The molecule has 17 heavy (non-hydrogen) atoms. The van der Waals surface area contributed by atoms with E-state index in [0.717, 1.165) is 4.88 Å². The summed E-state index contributed by atoms with van der Waals surface area (Å²) in [5.74, 6) is -0.360. The van der Waals surface area contributed by atoms with E-state index < -0.39 is 5.97 Å². The molecule has 0 aliphatic rings. The number of rotatable bonds is 3. The summed E-state index contributed by atoms with van der Waals surface area (Å²) >= 11 is 7.49. The van der Waals surface area contributed by atoms with E-state index in [2.05, 4.69) is 0 Å². The Morgan fingerprint density at radius 3 is 2.71 bits per heavy atom. The van der Waals surface area contributed by atoms with Crippen molar-refractivity contribution in [2.75, 3.05) is 7.11 Å². The third kappa shape index (κ3) is 2.28.